The molecule has 1 aromatic carbocycles. The maximum Gasteiger partial charge on any atom is 0.243 e. The van der Waals surface area contributed by atoms with Gasteiger partial charge in [-0.15, -0.1) is 0 Å². The molecule has 0 fully saturated rings. The quantitative estimate of drug-likeness (QED) is 0.557. The number of benzene rings is 1. The molecule has 27 heavy (non-hydrogen) atoms. The van der Waals surface area contributed by atoms with Gasteiger partial charge in [0.15, 0.2) is 17.4 Å². The number of halogens is 1. The van der Waals surface area contributed by atoms with Crippen LogP contribution in [0.2, 0.25) is 0 Å². The van der Waals surface area contributed by atoms with Gasteiger partial charge in [0, 0.05) is 12.4 Å². The Kier molecular flexibility index (Phi) is 4.33. The van der Waals surface area contributed by atoms with Gasteiger partial charge >= 0.3 is 0 Å². The molecule has 3 heterocycles. The van der Waals surface area contributed by atoms with Gasteiger partial charge in [-0.1, -0.05) is 11.2 Å². The molecule has 0 spiro atoms. The second kappa shape index (κ2) is 6.81. The van der Waals surface area contributed by atoms with Crippen LogP contribution >= 0.6 is 0 Å². The Morgan fingerprint density at radius 3 is 2.85 bits per heavy atom. The molecule has 0 aliphatic rings. The van der Waals surface area contributed by atoms with Crippen molar-refractivity contribution in [2.45, 2.75) is 26.3 Å². The number of H-pyrrole nitrogens is 1. The van der Waals surface area contributed by atoms with Crippen molar-refractivity contribution in [3.63, 3.8) is 0 Å². The zero-order valence-corrected chi connectivity index (χ0v) is 14.9. The summed E-state index contributed by atoms with van der Waals surface area (Å²) in [6, 6.07) is 5.97. The molecule has 4 aromatic rings. The van der Waals surface area contributed by atoms with E-state index in [1.807, 2.05) is 13.1 Å². The van der Waals surface area contributed by atoms with Crippen LogP contribution in [0.25, 0.3) is 11.0 Å². The van der Waals surface area contributed by atoms with Crippen molar-refractivity contribution < 1.29 is 13.7 Å². The van der Waals surface area contributed by atoms with E-state index in [4.69, 9.17) is 15.0 Å². The molecule has 0 saturated carbocycles. The van der Waals surface area contributed by atoms with Gasteiger partial charge in [-0.3, -0.25) is 0 Å². The minimum absolute atomic E-state index is 0.133. The van der Waals surface area contributed by atoms with E-state index in [-0.39, 0.29) is 5.75 Å². The van der Waals surface area contributed by atoms with Crippen molar-refractivity contribution in [1.82, 2.24) is 20.1 Å². The number of aromatic amines is 1. The highest BCUT2D eigenvalue weighted by molar-refractivity contribution is 5.86. The summed E-state index contributed by atoms with van der Waals surface area (Å²) < 4.78 is 25.4. The number of fused-ring (bicyclic) bond motifs is 1. The number of nitrogens with one attached hydrogen (secondary N) is 1. The summed E-state index contributed by atoms with van der Waals surface area (Å²) in [5, 5.41) is 4.55. The second-order valence-electron chi connectivity index (χ2n) is 6.36. The molecule has 8 heteroatoms. The van der Waals surface area contributed by atoms with E-state index >= 15 is 0 Å². The zero-order chi connectivity index (χ0) is 19.0. The summed E-state index contributed by atoms with van der Waals surface area (Å²) in [7, 11) is 0. The van der Waals surface area contributed by atoms with Crippen LogP contribution in [0.3, 0.4) is 0 Å². The van der Waals surface area contributed by atoms with Crippen molar-refractivity contribution in [2.24, 2.45) is 5.73 Å². The topological polar surface area (TPSA) is 103 Å². The number of hydrogen-bond acceptors (Lipinski definition) is 6. The molecule has 3 aromatic heterocycles. The Morgan fingerprint density at radius 2 is 2.11 bits per heavy atom. The number of aryl methyl sites for hydroxylation is 2. The minimum atomic E-state index is -0.500. The number of nitrogens with two attached hydrogens (primary N) is 1. The lowest BCUT2D eigenvalue weighted by molar-refractivity contribution is 0.351. The molecule has 0 radical (unpaired) electrons. The monoisotopic (exact) mass is 367 g/mol. The van der Waals surface area contributed by atoms with E-state index in [1.165, 1.54) is 6.07 Å². The lowest BCUT2D eigenvalue weighted by Crippen LogP contribution is -2.14. The lowest BCUT2D eigenvalue weighted by atomic mass is 10.1. The summed E-state index contributed by atoms with van der Waals surface area (Å²) in [6.45, 7) is 3.65. The number of nitrogens with zero attached hydrogens (tertiary/aromatic N) is 3. The van der Waals surface area contributed by atoms with Crippen molar-refractivity contribution >= 4 is 11.0 Å². The summed E-state index contributed by atoms with van der Waals surface area (Å²) in [5.74, 6) is 1.05. The standard InChI is InChI=1S/C19H18FN5O2/c1-10-9-23-18-17(10)16(5-6-22-18)26-15-4-3-12(7-13(15)20)8-14(21)19-24-11(2)25-27-19/h3-7,9,14H,8,21H2,1-2H3,(H,22,23)/t14-/m0/s1. The van der Waals surface area contributed by atoms with Crippen molar-refractivity contribution in [3.8, 4) is 11.5 Å². The predicted molar refractivity (Wildman–Crippen MR) is 97.0 cm³/mol. The van der Waals surface area contributed by atoms with E-state index in [9.17, 15) is 4.39 Å². The van der Waals surface area contributed by atoms with Crippen LogP contribution in [0.5, 0.6) is 11.5 Å². The summed E-state index contributed by atoms with van der Waals surface area (Å²) in [6.07, 6.45) is 3.82. The molecule has 0 bridgehead atoms. The minimum Gasteiger partial charge on any atom is -0.453 e. The first kappa shape index (κ1) is 17.2. The number of rotatable bonds is 5. The fourth-order valence-electron chi connectivity index (χ4n) is 2.95. The Morgan fingerprint density at radius 1 is 1.26 bits per heavy atom. The third-order valence-corrected chi connectivity index (χ3v) is 4.26. The molecular weight excluding hydrogens is 349 g/mol. The summed E-state index contributed by atoms with van der Waals surface area (Å²) in [5.41, 5.74) is 8.44. The average molecular weight is 367 g/mol. The first-order valence-electron chi connectivity index (χ1n) is 8.46. The molecule has 7 nitrogen and oxygen atoms in total. The third kappa shape index (κ3) is 3.39. The maximum atomic E-state index is 14.6. The lowest BCUT2D eigenvalue weighted by Gasteiger charge is -2.11. The normalized spacial score (nSPS) is 12.4. The number of hydrogen-bond donors (Lipinski definition) is 2. The van der Waals surface area contributed by atoms with Crippen LogP contribution in [-0.4, -0.2) is 20.1 Å². The van der Waals surface area contributed by atoms with Gasteiger partial charge in [0.2, 0.25) is 5.89 Å². The predicted octanol–water partition coefficient (Wildman–Crippen LogP) is 3.74. The molecule has 0 saturated heterocycles. The molecule has 4 rings (SSSR count). The van der Waals surface area contributed by atoms with Gasteiger partial charge in [-0.25, -0.2) is 9.37 Å². The Bertz CT molecular complexity index is 1100. The molecule has 0 aliphatic heterocycles. The first-order valence-corrected chi connectivity index (χ1v) is 8.46. The van der Waals surface area contributed by atoms with E-state index in [0.29, 0.717) is 35.1 Å². The van der Waals surface area contributed by atoms with Gasteiger partial charge < -0.3 is 20.0 Å². The molecule has 1 atom stereocenters. The van der Waals surface area contributed by atoms with Gasteiger partial charge in [0.25, 0.3) is 0 Å². The summed E-state index contributed by atoms with van der Waals surface area (Å²) in [4.78, 5) is 11.4. The highest BCUT2D eigenvalue weighted by atomic mass is 19.1. The molecular formula is C19H18FN5O2. The van der Waals surface area contributed by atoms with E-state index in [1.54, 1.807) is 31.3 Å². The van der Waals surface area contributed by atoms with Crippen molar-refractivity contribution in [2.75, 3.05) is 0 Å². The number of ether oxygens (including phenoxy) is 1. The highest BCUT2D eigenvalue weighted by Crippen LogP contribution is 2.32. The van der Waals surface area contributed by atoms with Crippen LogP contribution in [0.15, 0.2) is 41.2 Å². The Hall–Kier alpha value is -3.26. The van der Waals surface area contributed by atoms with E-state index < -0.39 is 11.9 Å². The fraction of sp³-hybridized carbons (Fsp3) is 0.211. The third-order valence-electron chi connectivity index (χ3n) is 4.26. The van der Waals surface area contributed by atoms with Crippen LogP contribution < -0.4 is 10.5 Å². The number of aromatic nitrogens is 4. The van der Waals surface area contributed by atoms with Crippen LogP contribution in [-0.2, 0) is 6.42 Å². The largest absolute Gasteiger partial charge is 0.453 e. The van der Waals surface area contributed by atoms with Gasteiger partial charge in [-0.2, -0.15) is 4.98 Å². The van der Waals surface area contributed by atoms with Crippen molar-refractivity contribution in [3.05, 3.63) is 65.3 Å². The molecule has 0 amide bonds. The molecule has 0 aliphatic carbocycles. The summed E-state index contributed by atoms with van der Waals surface area (Å²) >= 11 is 0. The van der Waals surface area contributed by atoms with E-state index in [2.05, 4.69) is 20.1 Å². The molecule has 0 unspecified atom stereocenters. The van der Waals surface area contributed by atoms with E-state index in [0.717, 1.165) is 10.9 Å². The fourth-order valence-corrected chi connectivity index (χ4v) is 2.95. The zero-order valence-electron chi connectivity index (χ0n) is 14.9. The number of pyridine rings is 1. The average Bonchev–Trinajstić information content (AvgIpc) is 3.24. The van der Waals surface area contributed by atoms with Gasteiger partial charge in [-0.05, 0) is 49.6 Å². The second-order valence-corrected chi connectivity index (χ2v) is 6.36. The van der Waals surface area contributed by atoms with Crippen LogP contribution in [0.1, 0.15) is 28.9 Å². The first-order chi connectivity index (χ1) is 13.0. The van der Waals surface area contributed by atoms with Gasteiger partial charge in [0.1, 0.15) is 11.4 Å². The highest BCUT2D eigenvalue weighted by Gasteiger charge is 2.16. The van der Waals surface area contributed by atoms with Crippen molar-refractivity contribution in [1.29, 1.82) is 0 Å². The Balaban J connectivity index is 1.55. The van der Waals surface area contributed by atoms with Crippen LogP contribution in [0, 0.1) is 19.7 Å². The van der Waals surface area contributed by atoms with Gasteiger partial charge in [0.05, 0.1) is 11.4 Å². The SMILES string of the molecule is Cc1noc([C@@H](N)Cc2ccc(Oc3ccnc4[nH]cc(C)c34)c(F)c2)n1. The Labute approximate surface area is 154 Å². The van der Waals surface area contributed by atoms with Crippen LogP contribution in [0.4, 0.5) is 4.39 Å². The smallest absolute Gasteiger partial charge is 0.243 e. The molecule has 3 N–H and O–H groups in total. The molecule has 138 valence electrons. The maximum absolute atomic E-state index is 14.6.